The lowest BCUT2D eigenvalue weighted by atomic mass is 10.1. The van der Waals surface area contributed by atoms with Crippen LogP contribution in [0, 0.1) is 23.7 Å². The van der Waals surface area contributed by atoms with Gasteiger partial charge in [-0.25, -0.2) is 9.59 Å². The van der Waals surface area contributed by atoms with Gasteiger partial charge in [0.2, 0.25) is 0 Å². The van der Waals surface area contributed by atoms with Gasteiger partial charge in [-0.2, -0.15) is 0 Å². The van der Waals surface area contributed by atoms with Gasteiger partial charge in [-0.15, -0.1) is 0 Å². The van der Waals surface area contributed by atoms with Crippen LogP contribution in [0.25, 0.3) is 0 Å². The molecular weight excluding hydrogens is 336 g/mol. The van der Waals surface area contributed by atoms with Gasteiger partial charge in [0.05, 0.1) is 0 Å². The molecule has 1 aromatic carbocycles. The monoisotopic (exact) mass is 346 g/mol. The summed E-state index contributed by atoms with van der Waals surface area (Å²) in [5.41, 5.74) is -0.734. The van der Waals surface area contributed by atoms with E-state index in [1.807, 2.05) is 0 Å². The van der Waals surface area contributed by atoms with E-state index in [1.165, 1.54) is 12.4 Å². The largest absolute Gasteiger partial charge is 0.325 e. The van der Waals surface area contributed by atoms with E-state index < -0.39 is 22.5 Å². The number of rotatable bonds is 0. The zero-order chi connectivity index (χ0) is 18.5. The molecule has 4 N–H and O–H groups in total. The average Bonchev–Trinajstić information content (AvgIpc) is 2.61. The van der Waals surface area contributed by atoms with E-state index in [0.29, 0.717) is 11.1 Å². The highest BCUT2D eigenvalue weighted by Gasteiger charge is 1.96. The zero-order valence-corrected chi connectivity index (χ0v) is 13.1. The van der Waals surface area contributed by atoms with Crippen molar-refractivity contribution in [3.8, 4) is 23.7 Å². The van der Waals surface area contributed by atoms with E-state index in [9.17, 15) is 19.2 Å². The SMILES string of the molecule is O=c1[nH]cc(C#Cc2ccc(C#Cc3c[nH]c(=O)[nH]c3=O)cc2)c(=O)[nH]1. The molecule has 2 heterocycles. The van der Waals surface area contributed by atoms with Gasteiger partial charge in [-0.1, -0.05) is 23.7 Å². The van der Waals surface area contributed by atoms with Crippen LogP contribution in [0.2, 0.25) is 0 Å². The fraction of sp³-hybridized carbons (Fsp3) is 0. The predicted octanol–water partition coefficient (Wildman–Crippen LogP) is -0.761. The van der Waals surface area contributed by atoms with Crippen molar-refractivity contribution in [1.82, 2.24) is 19.9 Å². The molecule has 0 atom stereocenters. The Labute approximate surface area is 145 Å². The molecule has 0 saturated heterocycles. The van der Waals surface area contributed by atoms with Gasteiger partial charge in [0.25, 0.3) is 11.1 Å². The van der Waals surface area contributed by atoms with Gasteiger partial charge in [-0.05, 0) is 24.3 Å². The predicted molar refractivity (Wildman–Crippen MR) is 93.8 cm³/mol. The molecule has 3 rings (SSSR count). The van der Waals surface area contributed by atoms with Crippen LogP contribution in [0.15, 0.2) is 55.8 Å². The first-order chi connectivity index (χ1) is 12.5. The topological polar surface area (TPSA) is 131 Å². The number of nitrogens with one attached hydrogen (secondary N) is 4. The summed E-state index contributed by atoms with van der Waals surface area (Å²) in [7, 11) is 0. The molecular formula is C18H10N4O4. The van der Waals surface area contributed by atoms with E-state index in [0.717, 1.165) is 0 Å². The molecule has 0 bridgehead atoms. The molecule has 0 aliphatic rings. The molecule has 26 heavy (non-hydrogen) atoms. The highest BCUT2D eigenvalue weighted by atomic mass is 16.2. The van der Waals surface area contributed by atoms with Crippen molar-refractivity contribution in [2.75, 3.05) is 0 Å². The number of H-pyrrole nitrogens is 4. The van der Waals surface area contributed by atoms with Crippen LogP contribution in [0.1, 0.15) is 22.3 Å². The third-order valence-corrected chi connectivity index (χ3v) is 3.21. The minimum absolute atomic E-state index is 0.144. The third-order valence-electron chi connectivity index (χ3n) is 3.21. The van der Waals surface area contributed by atoms with Crippen molar-refractivity contribution < 1.29 is 0 Å². The van der Waals surface area contributed by atoms with Crippen LogP contribution >= 0.6 is 0 Å². The van der Waals surface area contributed by atoms with Crippen molar-refractivity contribution in [2.45, 2.75) is 0 Å². The van der Waals surface area contributed by atoms with Gasteiger partial charge in [0, 0.05) is 23.5 Å². The maximum absolute atomic E-state index is 11.5. The van der Waals surface area contributed by atoms with Crippen LogP contribution in [0.5, 0.6) is 0 Å². The van der Waals surface area contributed by atoms with Crippen LogP contribution in [0.4, 0.5) is 0 Å². The number of benzene rings is 1. The minimum Gasteiger partial charge on any atom is -0.313 e. The van der Waals surface area contributed by atoms with Gasteiger partial charge in [-0.3, -0.25) is 19.6 Å². The van der Waals surface area contributed by atoms with E-state index in [-0.39, 0.29) is 11.1 Å². The summed E-state index contributed by atoms with van der Waals surface area (Å²) in [4.78, 5) is 53.8. The molecule has 0 amide bonds. The lowest BCUT2D eigenvalue weighted by molar-refractivity contribution is 1.03. The van der Waals surface area contributed by atoms with E-state index >= 15 is 0 Å². The molecule has 0 saturated carbocycles. The Morgan fingerprint density at radius 2 is 0.962 bits per heavy atom. The third kappa shape index (κ3) is 3.96. The summed E-state index contributed by atoms with van der Waals surface area (Å²) in [6, 6.07) is 6.81. The molecule has 0 spiro atoms. The zero-order valence-electron chi connectivity index (χ0n) is 13.1. The summed E-state index contributed by atoms with van der Waals surface area (Å²) in [5, 5.41) is 0. The number of hydrogen-bond acceptors (Lipinski definition) is 4. The van der Waals surface area contributed by atoms with Gasteiger partial charge >= 0.3 is 11.4 Å². The molecule has 8 nitrogen and oxygen atoms in total. The Hall–Kier alpha value is -4.30. The summed E-state index contributed by atoms with van der Waals surface area (Å²) in [5.74, 6) is 10.9. The van der Waals surface area contributed by atoms with E-state index in [2.05, 4.69) is 43.6 Å². The average molecular weight is 346 g/mol. The maximum Gasteiger partial charge on any atom is 0.325 e. The van der Waals surface area contributed by atoms with Crippen molar-refractivity contribution in [1.29, 1.82) is 0 Å². The second kappa shape index (κ2) is 7.07. The Morgan fingerprint density at radius 1 is 0.577 bits per heavy atom. The summed E-state index contributed by atoms with van der Waals surface area (Å²) in [6.07, 6.45) is 2.49. The Kier molecular flexibility index (Phi) is 4.50. The van der Waals surface area contributed by atoms with Gasteiger partial charge in [0.15, 0.2) is 0 Å². The molecule has 2 aromatic heterocycles. The summed E-state index contributed by atoms with van der Waals surface area (Å²) < 4.78 is 0. The Bertz CT molecular complexity index is 1210. The summed E-state index contributed by atoms with van der Waals surface area (Å²) in [6.45, 7) is 0. The van der Waals surface area contributed by atoms with Crippen molar-refractivity contribution in [3.05, 3.63) is 101 Å². The molecule has 0 aliphatic carbocycles. The lowest BCUT2D eigenvalue weighted by Gasteiger charge is -1.92. The standard InChI is InChI=1S/C18H10N4O4/c23-15-13(9-19-17(25)21-15)7-5-11-1-2-12(4-3-11)6-8-14-10-20-18(26)22-16(14)24/h1-4,9-10H,(H2,19,21,23,25)(H2,20,22,24,26). The maximum atomic E-state index is 11.5. The Balaban J connectivity index is 1.82. The molecule has 126 valence electrons. The number of aromatic amines is 4. The highest BCUT2D eigenvalue weighted by Crippen LogP contribution is 2.02. The first kappa shape index (κ1) is 16.6. The molecule has 0 unspecified atom stereocenters. The van der Waals surface area contributed by atoms with Crippen molar-refractivity contribution >= 4 is 0 Å². The van der Waals surface area contributed by atoms with Crippen LogP contribution < -0.4 is 22.5 Å². The van der Waals surface area contributed by atoms with Crippen LogP contribution in [-0.4, -0.2) is 19.9 Å². The lowest BCUT2D eigenvalue weighted by Crippen LogP contribution is -2.23. The minimum atomic E-state index is -0.593. The fourth-order valence-electron chi connectivity index (χ4n) is 1.92. The van der Waals surface area contributed by atoms with Gasteiger partial charge in [0.1, 0.15) is 11.1 Å². The first-order valence-corrected chi connectivity index (χ1v) is 7.29. The fourth-order valence-corrected chi connectivity index (χ4v) is 1.92. The van der Waals surface area contributed by atoms with Crippen LogP contribution in [-0.2, 0) is 0 Å². The number of hydrogen-bond donors (Lipinski definition) is 4. The van der Waals surface area contributed by atoms with E-state index in [1.54, 1.807) is 24.3 Å². The first-order valence-electron chi connectivity index (χ1n) is 7.29. The van der Waals surface area contributed by atoms with E-state index in [4.69, 9.17) is 0 Å². The molecule has 0 aliphatic heterocycles. The molecule has 0 radical (unpaired) electrons. The number of aromatic nitrogens is 4. The summed E-state index contributed by atoms with van der Waals surface area (Å²) >= 11 is 0. The Morgan fingerprint density at radius 3 is 1.31 bits per heavy atom. The highest BCUT2D eigenvalue weighted by molar-refractivity contribution is 5.46. The molecule has 8 heteroatoms. The normalized spacial score (nSPS) is 9.54. The molecule has 3 aromatic rings. The molecule has 0 fully saturated rings. The van der Waals surface area contributed by atoms with Crippen LogP contribution in [0.3, 0.4) is 0 Å². The van der Waals surface area contributed by atoms with Gasteiger partial charge < -0.3 is 9.97 Å². The smallest absolute Gasteiger partial charge is 0.313 e. The second-order valence-corrected chi connectivity index (χ2v) is 5.05. The van der Waals surface area contributed by atoms with Crippen molar-refractivity contribution in [3.63, 3.8) is 0 Å². The second-order valence-electron chi connectivity index (χ2n) is 5.05. The van der Waals surface area contributed by atoms with Crippen molar-refractivity contribution in [2.24, 2.45) is 0 Å². The quantitative estimate of drug-likeness (QED) is 0.398.